The molecule has 1 N–H and O–H groups in total. The van der Waals surface area contributed by atoms with Crippen molar-refractivity contribution < 1.29 is 13.2 Å². The normalized spacial score (nSPS) is 15.2. The van der Waals surface area contributed by atoms with Gasteiger partial charge in [-0.25, -0.2) is 13.4 Å². The third-order valence-corrected chi connectivity index (χ3v) is 8.27. The van der Waals surface area contributed by atoms with Gasteiger partial charge in [-0.3, -0.25) is 4.79 Å². The molecule has 2 heterocycles. The number of para-hydroxylation sites is 1. The molecular formula is C24H27ClN4O3S. The monoisotopic (exact) mass is 486 g/mol. The SMILES string of the molecule is Cc1nccn1-c1ccccc1CNC(=O)c1ccc(Cl)c(S(=O)(=O)N2CCCCCC2)c1. The van der Waals surface area contributed by atoms with Crippen LogP contribution < -0.4 is 5.32 Å². The average Bonchev–Trinajstić information content (AvgIpc) is 3.05. The highest BCUT2D eigenvalue weighted by Crippen LogP contribution is 2.28. The first-order valence-electron chi connectivity index (χ1n) is 11.0. The number of amides is 1. The van der Waals surface area contributed by atoms with E-state index in [1.807, 2.05) is 42.0 Å². The van der Waals surface area contributed by atoms with E-state index in [2.05, 4.69) is 10.3 Å². The fourth-order valence-electron chi connectivity index (χ4n) is 4.07. The van der Waals surface area contributed by atoms with Gasteiger partial charge in [0.2, 0.25) is 10.0 Å². The highest BCUT2D eigenvalue weighted by atomic mass is 35.5. The van der Waals surface area contributed by atoms with Crippen LogP contribution in [0.3, 0.4) is 0 Å². The summed E-state index contributed by atoms with van der Waals surface area (Å²) in [4.78, 5) is 17.2. The summed E-state index contributed by atoms with van der Waals surface area (Å²) in [5, 5.41) is 3.02. The second kappa shape index (κ2) is 10.1. The zero-order chi connectivity index (χ0) is 23.4. The standard InChI is InChI=1S/C24H27ClN4O3S/c1-18-26-12-15-29(18)22-9-5-4-8-20(22)17-27-24(30)19-10-11-21(25)23(16-19)33(31,32)28-13-6-2-3-7-14-28/h4-5,8-12,15-16H,2-3,6-7,13-14,17H2,1H3,(H,27,30). The van der Waals surface area contributed by atoms with Gasteiger partial charge >= 0.3 is 0 Å². The van der Waals surface area contributed by atoms with Crippen LogP contribution in [0.2, 0.25) is 5.02 Å². The number of hydrogen-bond donors (Lipinski definition) is 1. The molecule has 2 aromatic carbocycles. The second-order valence-electron chi connectivity index (χ2n) is 8.12. The molecule has 1 aromatic heterocycles. The van der Waals surface area contributed by atoms with Crippen molar-refractivity contribution in [2.75, 3.05) is 13.1 Å². The number of carbonyl (C=O) groups is 1. The van der Waals surface area contributed by atoms with Crippen molar-refractivity contribution in [1.82, 2.24) is 19.2 Å². The molecule has 1 amide bonds. The van der Waals surface area contributed by atoms with E-state index in [9.17, 15) is 13.2 Å². The largest absolute Gasteiger partial charge is 0.348 e. The Morgan fingerprint density at radius 3 is 2.52 bits per heavy atom. The molecule has 0 aliphatic carbocycles. The van der Waals surface area contributed by atoms with Gasteiger partial charge in [0, 0.05) is 37.6 Å². The Balaban J connectivity index is 1.54. The first kappa shape index (κ1) is 23.5. The van der Waals surface area contributed by atoms with E-state index in [1.165, 1.54) is 16.4 Å². The Morgan fingerprint density at radius 2 is 1.82 bits per heavy atom. The number of nitrogens with one attached hydrogen (secondary N) is 1. The Labute approximate surface area is 199 Å². The van der Waals surface area contributed by atoms with E-state index >= 15 is 0 Å². The van der Waals surface area contributed by atoms with Gasteiger partial charge in [0.1, 0.15) is 10.7 Å². The zero-order valence-electron chi connectivity index (χ0n) is 18.5. The van der Waals surface area contributed by atoms with Gasteiger partial charge in [0.25, 0.3) is 5.91 Å². The van der Waals surface area contributed by atoms with Gasteiger partial charge in [-0.1, -0.05) is 42.6 Å². The molecule has 1 aliphatic rings. The lowest BCUT2D eigenvalue weighted by atomic mass is 10.1. The summed E-state index contributed by atoms with van der Waals surface area (Å²) < 4.78 is 29.9. The number of hydrogen-bond acceptors (Lipinski definition) is 4. The Hall–Kier alpha value is -2.68. The van der Waals surface area contributed by atoms with Crippen molar-refractivity contribution in [1.29, 1.82) is 0 Å². The minimum Gasteiger partial charge on any atom is -0.348 e. The molecule has 0 bridgehead atoms. The number of carbonyl (C=O) groups excluding carboxylic acids is 1. The molecule has 0 unspecified atom stereocenters. The van der Waals surface area contributed by atoms with E-state index in [1.54, 1.807) is 12.3 Å². The van der Waals surface area contributed by atoms with E-state index < -0.39 is 10.0 Å². The summed E-state index contributed by atoms with van der Waals surface area (Å²) in [6, 6.07) is 12.1. The van der Waals surface area contributed by atoms with Gasteiger partial charge < -0.3 is 9.88 Å². The molecule has 174 valence electrons. The van der Waals surface area contributed by atoms with Gasteiger partial charge in [0.15, 0.2) is 0 Å². The van der Waals surface area contributed by atoms with Gasteiger partial charge in [-0.2, -0.15) is 4.31 Å². The van der Waals surface area contributed by atoms with Crippen LogP contribution in [-0.2, 0) is 16.6 Å². The summed E-state index contributed by atoms with van der Waals surface area (Å²) in [5.74, 6) is 0.478. The lowest BCUT2D eigenvalue weighted by molar-refractivity contribution is 0.0950. The smallest absolute Gasteiger partial charge is 0.251 e. The van der Waals surface area contributed by atoms with Crippen molar-refractivity contribution in [3.05, 3.63) is 76.8 Å². The van der Waals surface area contributed by atoms with Crippen LogP contribution in [0, 0.1) is 6.92 Å². The second-order valence-corrected chi connectivity index (χ2v) is 10.4. The molecule has 0 radical (unpaired) electrons. The number of aromatic nitrogens is 2. The third kappa shape index (κ3) is 5.13. The van der Waals surface area contributed by atoms with Crippen LogP contribution in [0.4, 0.5) is 0 Å². The maximum atomic E-state index is 13.2. The highest BCUT2D eigenvalue weighted by Gasteiger charge is 2.28. The molecule has 0 atom stereocenters. The number of sulfonamides is 1. The molecule has 1 fully saturated rings. The summed E-state index contributed by atoms with van der Waals surface area (Å²) in [6.45, 7) is 3.14. The van der Waals surface area contributed by atoms with Crippen molar-refractivity contribution >= 4 is 27.5 Å². The number of imidazole rings is 1. The van der Waals surface area contributed by atoms with E-state index in [4.69, 9.17) is 11.6 Å². The maximum absolute atomic E-state index is 13.2. The van der Waals surface area contributed by atoms with Crippen LogP contribution in [-0.4, -0.2) is 41.3 Å². The Morgan fingerprint density at radius 1 is 1.09 bits per heavy atom. The molecule has 33 heavy (non-hydrogen) atoms. The quantitative estimate of drug-likeness (QED) is 0.562. The number of nitrogens with zero attached hydrogens (tertiary/aromatic N) is 3. The molecule has 9 heteroatoms. The van der Waals surface area contributed by atoms with Crippen molar-refractivity contribution in [2.45, 2.75) is 44.0 Å². The van der Waals surface area contributed by atoms with Crippen LogP contribution in [0.15, 0.2) is 59.8 Å². The molecule has 0 saturated carbocycles. The lowest BCUT2D eigenvalue weighted by Gasteiger charge is -2.21. The number of halogens is 1. The molecule has 4 rings (SSSR count). The van der Waals surface area contributed by atoms with Gasteiger partial charge in [-0.05, 0) is 49.6 Å². The van der Waals surface area contributed by atoms with E-state index in [0.29, 0.717) is 13.1 Å². The van der Waals surface area contributed by atoms with Gasteiger partial charge in [-0.15, -0.1) is 0 Å². The topological polar surface area (TPSA) is 84.3 Å². The fourth-order valence-corrected chi connectivity index (χ4v) is 6.09. The first-order valence-corrected chi connectivity index (χ1v) is 12.9. The molecule has 1 aliphatic heterocycles. The predicted octanol–water partition coefficient (Wildman–Crippen LogP) is 4.33. The minimum absolute atomic E-state index is 0.0202. The van der Waals surface area contributed by atoms with E-state index in [0.717, 1.165) is 42.8 Å². The average molecular weight is 487 g/mol. The molecule has 0 spiro atoms. The highest BCUT2D eigenvalue weighted by molar-refractivity contribution is 7.89. The summed E-state index contributed by atoms with van der Waals surface area (Å²) in [6.07, 6.45) is 7.28. The number of rotatable bonds is 6. The number of aryl methyl sites for hydroxylation is 1. The van der Waals surface area contributed by atoms with E-state index in [-0.39, 0.29) is 27.9 Å². The lowest BCUT2D eigenvalue weighted by Crippen LogP contribution is -2.32. The minimum atomic E-state index is -3.77. The van der Waals surface area contributed by atoms with Crippen molar-refractivity contribution in [3.8, 4) is 5.69 Å². The van der Waals surface area contributed by atoms with Crippen LogP contribution in [0.1, 0.15) is 47.4 Å². The van der Waals surface area contributed by atoms with Crippen LogP contribution >= 0.6 is 11.6 Å². The maximum Gasteiger partial charge on any atom is 0.251 e. The summed E-state index contributed by atoms with van der Waals surface area (Å²) >= 11 is 6.26. The predicted molar refractivity (Wildman–Crippen MR) is 128 cm³/mol. The summed E-state index contributed by atoms with van der Waals surface area (Å²) in [7, 11) is -3.77. The Kier molecular flexibility index (Phi) is 7.17. The molecule has 7 nitrogen and oxygen atoms in total. The third-order valence-electron chi connectivity index (χ3n) is 5.89. The number of benzene rings is 2. The van der Waals surface area contributed by atoms with Gasteiger partial charge in [0.05, 0.1) is 10.7 Å². The van der Waals surface area contributed by atoms with Crippen LogP contribution in [0.25, 0.3) is 5.69 Å². The Bertz CT molecular complexity index is 1250. The van der Waals surface area contributed by atoms with Crippen molar-refractivity contribution in [2.24, 2.45) is 0 Å². The zero-order valence-corrected chi connectivity index (χ0v) is 20.1. The first-order chi connectivity index (χ1) is 15.9. The fraction of sp³-hybridized carbons (Fsp3) is 0.333. The molecular weight excluding hydrogens is 460 g/mol. The molecule has 3 aromatic rings. The molecule has 1 saturated heterocycles. The van der Waals surface area contributed by atoms with Crippen molar-refractivity contribution in [3.63, 3.8) is 0 Å². The van der Waals surface area contributed by atoms with Crippen LogP contribution in [0.5, 0.6) is 0 Å². The summed E-state index contributed by atoms with van der Waals surface area (Å²) in [5.41, 5.74) is 2.09.